The van der Waals surface area contributed by atoms with Gasteiger partial charge in [-0.1, -0.05) is 11.6 Å². The third-order valence-electron chi connectivity index (χ3n) is 2.94. The van der Waals surface area contributed by atoms with Gasteiger partial charge in [0.05, 0.1) is 16.2 Å². The highest BCUT2D eigenvalue weighted by molar-refractivity contribution is 7.71. The van der Waals surface area contributed by atoms with Crippen molar-refractivity contribution in [2.24, 2.45) is 7.05 Å². The van der Waals surface area contributed by atoms with Crippen molar-refractivity contribution < 1.29 is 0 Å². The van der Waals surface area contributed by atoms with E-state index in [1.807, 2.05) is 29.9 Å². The Morgan fingerprint density at radius 2 is 2.32 bits per heavy atom. The molecule has 5 nitrogen and oxygen atoms in total. The van der Waals surface area contributed by atoms with E-state index in [9.17, 15) is 0 Å². The molecule has 3 aromatic rings. The van der Waals surface area contributed by atoms with Crippen molar-refractivity contribution in [2.75, 3.05) is 0 Å². The molecule has 0 saturated carbocycles. The quantitative estimate of drug-likeness (QED) is 0.756. The maximum Gasteiger partial charge on any atom is 0.179 e. The van der Waals surface area contributed by atoms with Crippen molar-refractivity contribution in [3.05, 3.63) is 40.0 Å². The fourth-order valence-corrected chi connectivity index (χ4v) is 2.49. The molecule has 0 unspecified atom stereocenters. The van der Waals surface area contributed by atoms with Crippen LogP contribution in [-0.4, -0.2) is 24.3 Å². The van der Waals surface area contributed by atoms with E-state index in [4.69, 9.17) is 23.8 Å². The number of aryl methyl sites for hydroxylation is 3. The van der Waals surface area contributed by atoms with Crippen LogP contribution in [0.2, 0.25) is 5.02 Å². The maximum atomic E-state index is 5.92. The average Bonchev–Trinajstić information content (AvgIpc) is 2.89. The molecule has 0 aliphatic heterocycles. The van der Waals surface area contributed by atoms with Crippen LogP contribution in [0.25, 0.3) is 11.2 Å². The Hall–Kier alpha value is -1.66. The lowest BCUT2D eigenvalue weighted by Gasteiger charge is -2.02. The molecule has 0 atom stereocenters. The van der Waals surface area contributed by atoms with Gasteiger partial charge < -0.3 is 9.55 Å². The van der Waals surface area contributed by atoms with E-state index < -0.39 is 0 Å². The second-order valence-corrected chi connectivity index (χ2v) is 5.16. The molecule has 1 N–H and O–H groups in total. The van der Waals surface area contributed by atoms with Crippen molar-refractivity contribution in [1.82, 2.24) is 24.3 Å². The molecule has 0 bridgehead atoms. The molecule has 0 radical (unpaired) electrons. The van der Waals surface area contributed by atoms with Gasteiger partial charge in [0.15, 0.2) is 10.4 Å². The average molecular weight is 294 g/mol. The summed E-state index contributed by atoms with van der Waals surface area (Å²) < 4.78 is 4.41. The molecule has 7 heteroatoms. The van der Waals surface area contributed by atoms with E-state index >= 15 is 0 Å². The van der Waals surface area contributed by atoms with Crippen molar-refractivity contribution in [2.45, 2.75) is 13.0 Å². The Morgan fingerprint density at radius 3 is 3.05 bits per heavy atom. The molecule has 3 rings (SSSR count). The zero-order chi connectivity index (χ0) is 13.4. The number of aromatic amines is 1. The summed E-state index contributed by atoms with van der Waals surface area (Å²) in [5, 5.41) is 4.95. The summed E-state index contributed by atoms with van der Waals surface area (Å²) in [5.41, 5.74) is 2.72. The SMILES string of the molecule is Cn1ccc(CCn2c(=S)[nH]c3cc(Cl)cnc32)n1. The van der Waals surface area contributed by atoms with Gasteiger partial charge in [-0.25, -0.2) is 4.98 Å². The standard InChI is InChI=1S/C12H12ClN5S/c1-17-4-2-9(16-17)3-5-18-11-10(15-12(18)19)6-8(13)7-14-11/h2,4,6-7H,3,5H2,1H3,(H,15,19). The Kier molecular flexibility index (Phi) is 3.12. The number of pyridine rings is 1. The Labute approximate surface area is 119 Å². The highest BCUT2D eigenvalue weighted by Crippen LogP contribution is 2.16. The molecule has 0 amide bonds. The predicted molar refractivity (Wildman–Crippen MR) is 76.8 cm³/mol. The van der Waals surface area contributed by atoms with Gasteiger partial charge in [-0.2, -0.15) is 5.10 Å². The zero-order valence-corrected chi connectivity index (χ0v) is 11.9. The number of hydrogen-bond donors (Lipinski definition) is 1. The van der Waals surface area contributed by atoms with Crippen LogP contribution in [0.4, 0.5) is 0 Å². The lowest BCUT2D eigenvalue weighted by Crippen LogP contribution is -2.03. The van der Waals surface area contributed by atoms with Gasteiger partial charge in [-0.15, -0.1) is 0 Å². The van der Waals surface area contributed by atoms with Crippen LogP contribution in [0, 0.1) is 4.77 Å². The van der Waals surface area contributed by atoms with Crippen LogP contribution in [-0.2, 0) is 20.0 Å². The van der Waals surface area contributed by atoms with E-state index in [1.165, 1.54) is 0 Å². The summed E-state index contributed by atoms with van der Waals surface area (Å²) in [7, 11) is 1.91. The van der Waals surface area contributed by atoms with Gasteiger partial charge in [0.1, 0.15) is 0 Å². The zero-order valence-electron chi connectivity index (χ0n) is 10.3. The molecule has 0 aliphatic carbocycles. The summed E-state index contributed by atoms with van der Waals surface area (Å²) in [5.74, 6) is 0. The van der Waals surface area contributed by atoms with Crippen LogP contribution < -0.4 is 0 Å². The number of nitrogens with one attached hydrogen (secondary N) is 1. The molecule has 98 valence electrons. The smallest absolute Gasteiger partial charge is 0.179 e. The summed E-state index contributed by atoms with van der Waals surface area (Å²) >= 11 is 11.2. The first kappa shape index (κ1) is 12.4. The highest BCUT2D eigenvalue weighted by Gasteiger charge is 2.07. The number of fused-ring (bicyclic) bond motifs is 1. The number of rotatable bonds is 3. The van der Waals surface area contributed by atoms with Gasteiger partial charge in [0.2, 0.25) is 0 Å². The molecule has 0 aromatic carbocycles. The third kappa shape index (κ3) is 2.41. The normalized spacial score (nSPS) is 11.3. The second-order valence-electron chi connectivity index (χ2n) is 4.34. The molecule has 0 spiro atoms. The molecule has 19 heavy (non-hydrogen) atoms. The van der Waals surface area contributed by atoms with Crippen molar-refractivity contribution >= 4 is 35.0 Å². The number of imidazole rings is 1. The summed E-state index contributed by atoms with van der Waals surface area (Å²) in [6.45, 7) is 0.741. The Morgan fingerprint density at radius 1 is 1.47 bits per heavy atom. The van der Waals surface area contributed by atoms with Crippen LogP contribution in [0.5, 0.6) is 0 Å². The lowest BCUT2D eigenvalue weighted by atomic mass is 10.3. The van der Waals surface area contributed by atoms with E-state index in [0.29, 0.717) is 9.79 Å². The third-order valence-corrected chi connectivity index (χ3v) is 3.47. The molecule has 0 aliphatic rings. The van der Waals surface area contributed by atoms with E-state index in [0.717, 1.165) is 29.8 Å². The van der Waals surface area contributed by atoms with Crippen LogP contribution >= 0.6 is 23.8 Å². The first-order chi connectivity index (χ1) is 9.13. The number of hydrogen-bond acceptors (Lipinski definition) is 3. The summed E-state index contributed by atoms with van der Waals surface area (Å²) in [6, 6.07) is 3.83. The number of aromatic nitrogens is 5. The Bertz CT molecular complexity index is 785. The van der Waals surface area contributed by atoms with Crippen molar-refractivity contribution in [1.29, 1.82) is 0 Å². The molecular weight excluding hydrogens is 282 g/mol. The molecular formula is C12H12ClN5S. The Balaban J connectivity index is 1.92. The largest absolute Gasteiger partial charge is 0.329 e. The van der Waals surface area contributed by atoms with Gasteiger partial charge >= 0.3 is 0 Å². The monoisotopic (exact) mass is 293 g/mol. The predicted octanol–water partition coefficient (Wildman–Crippen LogP) is 2.72. The van der Waals surface area contributed by atoms with E-state index in [2.05, 4.69) is 15.1 Å². The maximum absolute atomic E-state index is 5.92. The highest BCUT2D eigenvalue weighted by atomic mass is 35.5. The molecule has 0 saturated heterocycles. The molecule has 3 heterocycles. The van der Waals surface area contributed by atoms with Gasteiger partial charge in [0.25, 0.3) is 0 Å². The minimum absolute atomic E-state index is 0.598. The minimum Gasteiger partial charge on any atom is -0.329 e. The van der Waals surface area contributed by atoms with Gasteiger partial charge in [-0.3, -0.25) is 4.68 Å². The number of halogens is 1. The van der Waals surface area contributed by atoms with Crippen molar-refractivity contribution in [3.8, 4) is 0 Å². The molecule has 3 aromatic heterocycles. The van der Waals surface area contributed by atoms with E-state index in [-0.39, 0.29) is 0 Å². The van der Waals surface area contributed by atoms with Crippen LogP contribution in [0.3, 0.4) is 0 Å². The first-order valence-electron chi connectivity index (χ1n) is 5.86. The van der Waals surface area contributed by atoms with Gasteiger partial charge in [0, 0.05) is 32.4 Å². The lowest BCUT2D eigenvalue weighted by molar-refractivity contribution is 0.668. The minimum atomic E-state index is 0.598. The fourth-order valence-electron chi connectivity index (χ4n) is 2.05. The van der Waals surface area contributed by atoms with Crippen LogP contribution in [0.1, 0.15) is 5.69 Å². The second kappa shape index (κ2) is 4.79. The molecule has 0 fully saturated rings. The number of H-pyrrole nitrogens is 1. The first-order valence-corrected chi connectivity index (χ1v) is 6.65. The topological polar surface area (TPSA) is 51.4 Å². The van der Waals surface area contributed by atoms with Gasteiger partial charge in [-0.05, 0) is 24.4 Å². The van der Waals surface area contributed by atoms with Crippen LogP contribution in [0.15, 0.2) is 24.5 Å². The summed E-state index contributed by atoms with van der Waals surface area (Å²) in [6.07, 6.45) is 4.37. The summed E-state index contributed by atoms with van der Waals surface area (Å²) in [4.78, 5) is 7.44. The van der Waals surface area contributed by atoms with E-state index in [1.54, 1.807) is 10.9 Å². The number of nitrogens with zero attached hydrogens (tertiary/aromatic N) is 4. The fraction of sp³-hybridized carbons (Fsp3) is 0.250. The van der Waals surface area contributed by atoms with Crippen molar-refractivity contribution in [3.63, 3.8) is 0 Å².